The van der Waals surface area contributed by atoms with Crippen LogP contribution in [0.15, 0.2) is 53.7 Å². The largest absolute Gasteiger partial charge is 0.496 e. The van der Waals surface area contributed by atoms with E-state index in [1.807, 2.05) is 30.3 Å². The van der Waals surface area contributed by atoms with Crippen LogP contribution >= 0.6 is 0 Å². The Bertz CT molecular complexity index is 997. The van der Waals surface area contributed by atoms with Gasteiger partial charge in [-0.1, -0.05) is 24.3 Å². The van der Waals surface area contributed by atoms with E-state index in [0.29, 0.717) is 28.5 Å². The molecule has 2 aromatic carbocycles. The van der Waals surface area contributed by atoms with Gasteiger partial charge in [0.25, 0.3) is 0 Å². The number of para-hydroxylation sites is 1. The van der Waals surface area contributed by atoms with Crippen LogP contribution in [0.4, 0.5) is 0 Å². The Morgan fingerprint density at radius 1 is 1.17 bits per heavy atom. The average Bonchev–Trinajstić information content (AvgIpc) is 3.19. The van der Waals surface area contributed by atoms with E-state index >= 15 is 0 Å². The summed E-state index contributed by atoms with van der Waals surface area (Å²) in [5, 5.41) is 2.74. The summed E-state index contributed by atoms with van der Waals surface area (Å²) in [5.74, 6) is 0.864. The highest BCUT2D eigenvalue weighted by Crippen LogP contribution is 2.38. The van der Waals surface area contributed by atoms with Crippen LogP contribution in [-0.4, -0.2) is 25.8 Å². The number of nitrogens with one attached hydrogen (secondary N) is 1. The normalized spacial score (nSPS) is 17.7. The number of hydrogen-bond acceptors (Lipinski definition) is 6. The molecule has 0 unspecified atom stereocenters. The molecule has 0 aliphatic carbocycles. The molecule has 2 aliphatic heterocycles. The number of carbonyl (C=O) groups is 2. The highest BCUT2D eigenvalue weighted by Gasteiger charge is 2.34. The number of carbonyl (C=O) groups excluding carboxylic acids is 2. The second-order valence-electron chi connectivity index (χ2n) is 6.85. The van der Waals surface area contributed by atoms with E-state index in [1.165, 1.54) is 0 Å². The summed E-state index contributed by atoms with van der Waals surface area (Å²) in [5.41, 5.74) is 2.48. The molecule has 0 saturated heterocycles. The zero-order chi connectivity index (χ0) is 20.4. The van der Waals surface area contributed by atoms with Crippen LogP contribution in [0.3, 0.4) is 0 Å². The van der Waals surface area contributed by atoms with E-state index in [1.54, 1.807) is 26.2 Å². The quantitative estimate of drug-likeness (QED) is 0.784. The number of fused-ring (bicyclic) bond motifs is 1. The Balaban J connectivity index is 1.57. The van der Waals surface area contributed by atoms with Crippen LogP contribution in [0.1, 0.15) is 30.4 Å². The summed E-state index contributed by atoms with van der Waals surface area (Å²) >= 11 is 0. The predicted molar refractivity (Wildman–Crippen MR) is 104 cm³/mol. The number of rotatable bonds is 5. The van der Waals surface area contributed by atoms with E-state index in [4.69, 9.17) is 18.9 Å². The molecule has 0 aromatic heterocycles. The number of hydrogen-bond donors (Lipinski definition) is 1. The van der Waals surface area contributed by atoms with Crippen LogP contribution in [0.5, 0.6) is 17.2 Å². The second kappa shape index (κ2) is 7.87. The molecule has 150 valence electrons. The van der Waals surface area contributed by atoms with Crippen LogP contribution in [0, 0.1) is 0 Å². The monoisotopic (exact) mass is 395 g/mol. The first-order chi connectivity index (χ1) is 14.1. The SMILES string of the molecule is COc1ccccc1[C@H]1CC(=O)NC(C)=C1C(=O)OCc1ccc2c(c1)OCO2. The number of amides is 1. The van der Waals surface area contributed by atoms with E-state index in [2.05, 4.69) is 5.32 Å². The van der Waals surface area contributed by atoms with Crippen LogP contribution in [-0.2, 0) is 20.9 Å². The number of allylic oxidation sites excluding steroid dienone is 1. The van der Waals surface area contributed by atoms with Crippen molar-refractivity contribution in [2.45, 2.75) is 25.9 Å². The van der Waals surface area contributed by atoms with Gasteiger partial charge in [-0.15, -0.1) is 0 Å². The Labute approximate surface area is 168 Å². The molecule has 1 amide bonds. The number of benzene rings is 2. The summed E-state index contributed by atoms with van der Waals surface area (Å²) in [6.07, 6.45) is 0.145. The van der Waals surface area contributed by atoms with Crippen molar-refractivity contribution < 1.29 is 28.5 Å². The fourth-order valence-electron chi connectivity index (χ4n) is 3.65. The summed E-state index contributed by atoms with van der Waals surface area (Å²) < 4.78 is 21.7. The van der Waals surface area contributed by atoms with E-state index in [9.17, 15) is 9.59 Å². The van der Waals surface area contributed by atoms with Crippen molar-refractivity contribution in [2.24, 2.45) is 0 Å². The Hall–Kier alpha value is -3.48. The maximum absolute atomic E-state index is 13.0. The third-order valence-corrected chi connectivity index (χ3v) is 5.01. The molecule has 2 aromatic rings. The molecule has 2 heterocycles. The van der Waals surface area contributed by atoms with Crippen LogP contribution < -0.4 is 19.5 Å². The first-order valence-corrected chi connectivity index (χ1v) is 9.26. The van der Waals surface area contributed by atoms with Gasteiger partial charge in [-0.2, -0.15) is 0 Å². The average molecular weight is 395 g/mol. The van der Waals surface area contributed by atoms with Crippen molar-refractivity contribution >= 4 is 11.9 Å². The summed E-state index contributed by atoms with van der Waals surface area (Å²) in [6, 6.07) is 12.8. The minimum atomic E-state index is -0.476. The molecule has 0 fully saturated rings. The van der Waals surface area contributed by atoms with Gasteiger partial charge in [0.05, 0.1) is 12.7 Å². The molecule has 2 aliphatic rings. The van der Waals surface area contributed by atoms with Gasteiger partial charge >= 0.3 is 5.97 Å². The van der Waals surface area contributed by atoms with Crippen molar-refractivity contribution in [3.63, 3.8) is 0 Å². The van der Waals surface area contributed by atoms with Gasteiger partial charge in [-0.3, -0.25) is 4.79 Å². The first-order valence-electron chi connectivity index (χ1n) is 9.26. The standard InChI is InChI=1S/C22H21NO6/c1-13-21(16(10-20(24)23-13)15-5-3-4-6-17(15)26-2)22(25)27-11-14-7-8-18-19(9-14)29-12-28-18/h3-9,16H,10-12H2,1-2H3,(H,23,24)/t16-/m1/s1. The lowest BCUT2D eigenvalue weighted by Gasteiger charge is -2.27. The molecular formula is C22H21NO6. The molecule has 1 N–H and O–H groups in total. The molecule has 0 bridgehead atoms. The van der Waals surface area contributed by atoms with Crippen molar-refractivity contribution in [2.75, 3.05) is 13.9 Å². The van der Waals surface area contributed by atoms with E-state index in [-0.39, 0.29) is 25.7 Å². The summed E-state index contributed by atoms with van der Waals surface area (Å²) in [7, 11) is 1.57. The minimum Gasteiger partial charge on any atom is -0.496 e. The summed E-state index contributed by atoms with van der Waals surface area (Å²) in [6.45, 7) is 1.97. The molecule has 1 atom stereocenters. The Morgan fingerprint density at radius 3 is 2.79 bits per heavy atom. The molecule has 29 heavy (non-hydrogen) atoms. The van der Waals surface area contributed by atoms with Gasteiger partial charge in [0.15, 0.2) is 11.5 Å². The van der Waals surface area contributed by atoms with Gasteiger partial charge in [0.2, 0.25) is 12.7 Å². The third kappa shape index (κ3) is 3.76. The molecular weight excluding hydrogens is 374 g/mol. The van der Waals surface area contributed by atoms with Crippen molar-refractivity contribution in [1.29, 1.82) is 0 Å². The van der Waals surface area contributed by atoms with E-state index in [0.717, 1.165) is 11.1 Å². The molecule has 0 radical (unpaired) electrons. The highest BCUT2D eigenvalue weighted by molar-refractivity contribution is 5.96. The minimum absolute atomic E-state index is 0.0822. The third-order valence-electron chi connectivity index (χ3n) is 5.01. The number of methoxy groups -OCH3 is 1. The smallest absolute Gasteiger partial charge is 0.336 e. The van der Waals surface area contributed by atoms with Crippen LogP contribution in [0.2, 0.25) is 0 Å². The first kappa shape index (κ1) is 18.9. The van der Waals surface area contributed by atoms with Crippen molar-refractivity contribution in [3.8, 4) is 17.2 Å². The zero-order valence-electron chi connectivity index (χ0n) is 16.2. The van der Waals surface area contributed by atoms with Gasteiger partial charge in [0.1, 0.15) is 12.4 Å². The maximum atomic E-state index is 13.0. The maximum Gasteiger partial charge on any atom is 0.336 e. The Morgan fingerprint density at radius 2 is 1.97 bits per heavy atom. The van der Waals surface area contributed by atoms with Crippen molar-refractivity contribution in [1.82, 2.24) is 5.32 Å². The van der Waals surface area contributed by atoms with Gasteiger partial charge in [-0.25, -0.2) is 4.79 Å². The molecule has 0 saturated carbocycles. The molecule has 4 rings (SSSR count). The second-order valence-corrected chi connectivity index (χ2v) is 6.85. The predicted octanol–water partition coefficient (Wildman–Crippen LogP) is 3.04. The molecule has 7 heteroatoms. The van der Waals surface area contributed by atoms with Gasteiger partial charge in [-0.05, 0) is 30.7 Å². The van der Waals surface area contributed by atoms with E-state index < -0.39 is 11.9 Å². The highest BCUT2D eigenvalue weighted by atomic mass is 16.7. The molecule has 0 spiro atoms. The van der Waals surface area contributed by atoms with Gasteiger partial charge < -0.3 is 24.3 Å². The number of ether oxygens (including phenoxy) is 4. The van der Waals surface area contributed by atoms with Gasteiger partial charge in [0, 0.05) is 23.6 Å². The lowest BCUT2D eigenvalue weighted by atomic mass is 9.84. The zero-order valence-corrected chi connectivity index (χ0v) is 16.2. The fraction of sp³-hybridized carbons (Fsp3) is 0.273. The number of esters is 1. The van der Waals surface area contributed by atoms with Crippen molar-refractivity contribution in [3.05, 3.63) is 64.9 Å². The fourth-order valence-corrected chi connectivity index (χ4v) is 3.65. The Kier molecular flexibility index (Phi) is 5.12. The lowest BCUT2D eigenvalue weighted by molar-refractivity contribution is -0.141. The van der Waals surface area contributed by atoms with Crippen LogP contribution in [0.25, 0.3) is 0 Å². The topological polar surface area (TPSA) is 83.1 Å². The lowest BCUT2D eigenvalue weighted by Crippen LogP contribution is -2.34. The molecule has 7 nitrogen and oxygen atoms in total. The summed E-state index contributed by atoms with van der Waals surface area (Å²) in [4.78, 5) is 25.1.